The summed E-state index contributed by atoms with van der Waals surface area (Å²) in [4.78, 5) is 6.45. The van der Waals surface area contributed by atoms with Crippen molar-refractivity contribution in [3.05, 3.63) is 29.8 Å². The van der Waals surface area contributed by atoms with Crippen LogP contribution in [0.15, 0.2) is 18.3 Å². The van der Waals surface area contributed by atoms with Gasteiger partial charge in [-0.05, 0) is 44.5 Å². The standard InChI is InChI=1S/C16H28FN3O/c1-3-8-18-16(15-6-5-14(17)13-19-15)7-10-20(9-4-2)11-12-21/h5-6,13,16,18,21H,3-4,7-12H2,1-2H3. The second-order valence-corrected chi connectivity index (χ2v) is 5.26. The van der Waals surface area contributed by atoms with E-state index < -0.39 is 0 Å². The number of rotatable bonds is 11. The lowest BCUT2D eigenvalue weighted by Gasteiger charge is -2.24. The van der Waals surface area contributed by atoms with Crippen LogP contribution in [0.2, 0.25) is 0 Å². The molecule has 0 aliphatic carbocycles. The van der Waals surface area contributed by atoms with Crippen LogP contribution in [0.25, 0.3) is 0 Å². The zero-order chi connectivity index (χ0) is 15.5. The van der Waals surface area contributed by atoms with Crippen molar-refractivity contribution >= 4 is 0 Å². The fraction of sp³-hybridized carbons (Fsp3) is 0.688. The lowest BCUT2D eigenvalue weighted by molar-refractivity contribution is 0.189. The summed E-state index contributed by atoms with van der Waals surface area (Å²) in [5, 5.41) is 12.6. The van der Waals surface area contributed by atoms with Crippen LogP contribution in [0, 0.1) is 5.82 Å². The summed E-state index contributed by atoms with van der Waals surface area (Å²) in [6, 6.07) is 3.34. The average Bonchev–Trinajstić information content (AvgIpc) is 2.49. The summed E-state index contributed by atoms with van der Waals surface area (Å²) >= 11 is 0. The fourth-order valence-corrected chi connectivity index (χ4v) is 2.37. The molecule has 0 aromatic carbocycles. The highest BCUT2D eigenvalue weighted by Gasteiger charge is 2.14. The van der Waals surface area contributed by atoms with E-state index in [0.29, 0.717) is 6.54 Å². The van der Waals surface area contributed by atoms with E-state index in [1.165, 1.54) is 12.3 Å². The van der Waals surface area contributed by atoms with Crippen molar-refractivity contribution in [3.8, 4) is 0 Å². The molecular weight excluding hydrogens is 269 g/mol. The predicted octanol–water partition coefficient (Wildman–Crippen LogP) is 2.36. The van der Waals surface area contributed by atoms with Gasteiger partial charge in [-0.25, -0.2) is 4.39 Å². The molecular formula is C16H28FN3O. The smallest absolute Gasteiger partial charge is 0.141 e. The van der Waals surface area contributed by atoms with Crippen molar-refractivity contribution in [2.24, 2.45) is 0 Å². The van der Waals surface area contributed by atoms with Gasteiger partial charge in [0.25, 0.3) is 0 Å². The van der Waals surface area contributed by atoms with Crippen molar-refractivity contribution in [2.45, 2.75) is 39.2 Å². The van der Waals surface area contributed by atoms with Crippen molar-refractivity contribution in [2.75, 3.05) is 32.8 Å². The van der Waals surface area contributed by atoms with E-state index in [4.69, 9.17) is 5.11 Å². The van der Waals surface area contributed by atoms with E-state index >= 15 is 0 Å². The third-order valence-electron chi connectivity index (χ3n) is 3.44. The van der Waals surface area contributed by atoms with Crippen LogP contribution in [0.1, 0.15) is 44.8 Å². The van der Waals surface area contributed by atoms with Gasteiger partial charge in [-0.1, -0.05) is 13.8 Å². The van der Waals surface area contributed by atoms with Gasteiger partial charge in [-0.15, -0.1) is 0 Å². The molecule has 1 rings (SSSR count). The topological polar surface area (TPSA) is 48.4 Å². The highest BCUT2D eigenvalue weighted by molar-refractivity contribution is 5.10. The Morgan fingerprint density at radius 3 is 2.62 bits per heavy atom. The van der Waals surface area contributed by atoms with Crippen molar-refractivity contribution in [1.82, 2.24) is 15.2 Å². The van der Waals surface area contributed by atoms with Crippen LogP contribution in [0.3, 0.4) is 0 Å². The van der Waals surface area contributed by atoms with Crippen LogP contribution >= 0.6 is 0 Å². The van der Waals surface area contributed by atoms with E-state index in [2.05, 4.69) is 29.0 Å². The van der Waals surface area contributed by atoms with E-state index in [0.717, 1.165) is 44.6 Å². The Balaban J connectivity index is 2.62. The van der Waals surface area contributed by atoms with E-state index in [9.17, 15) is 4.39 Å². The Hall–Kier alpha value is -1.04. The number of nitrogens with zero attached hydrogens (tertiary/aromatic N) is 2. The monoisotopic (exact) mass is 297 g/mol. The number of nitrogens with one attached hydrogen (secondary N) is 1. The molecule has 0 spiro atoms. The molecule has 0 aliphatic heterocycles. The summed E-state index contributed by atoms with van der Waals surface area (Å²) in [7, 11) is 0. The Labute approximate surface area is 127 Å². The first-order chi connectivity index (χ1) is 10.2. The molecule has 2 N–H and O–H groups in total. The van der Waals surface area contributed by atoms with E-state index in [1.807, 2.05) is 0 Å². The maximum atomic E-state index is 13.0. The second-order valence-electron chi connectivity index (χ2n) is 5.26. The predicted molar refractivity (Wildman–Crippen MR) is 83.7 cm³/mol. The van der Waals surface area contributed by atoms with Gasteiger partial charge >= 0.3 is 0 Å². The molecule has 4 nitrogen and oxygen atoms in total. The summed E-state index contributed by atoms with van der Waals surface area (Å²) in [5.41, 5.74) is 0.880. The molecule has 5 heteroatoms. The molecule has 1 heterocycles. The lowest BCUT2D eigenvalue weighted by atomic mass is 10.1. The third kappa shape index (κ3) is 6.98. The zero-order valence-corrected chi connectivity index (χ0v) is 13.2. The highest BCUT2D eigenvalue weighted by Crippen LogP contribution is 2.15. The molecule has 1 aromatic heterocycles. The summed E-state index contributed by atoms with van der Waals surface area (Å²) in [6.45, 7) is 7.94. The Morgan fingerprint density at radius 2 is 2.05 bits per heavy atom. The number of halogens is 1. The second kappa shape index (κ2) is 10.7. The van der Waals surface area contributed by atoms with E-state index in [-0.39, 0.29) is 18.5 Å². The van der Waals surface area contributed by atoms with Crippen LogP contribution in [-0.2, 0) is 0 Å². The van der Waals surface area contributed by atoms with Gasteiger partial charge in [0.2, 0.25) is 0 Å². The molecule has 1 atom stereocenters. The molecule has 1 aromatic rings. The Kier molecular flexibility index (Phi) is 9.14. The summed E-state index contributed by atoms with van der Waals surface area (Å²) < 4.78 is 13.0. The van der Waals surface area contributed by atoms with Gasteiger partial charge in [-0.2, -0.15) is 0 Å². The van der Waals surface area contributed by atoms with Gasteiger partial charge in [-0.3, -0.25) is 4.98 Å². The molecule has 0 saturated carbocycles. The third-order valence-corrected chi connectivity index (χ3v) is 3.44. The van der Waals surface area contributed by atoms with Gasteiger partial charge in [0.15, 0.2) is 0 Å². The molecule has 0 bridgehead atoms. The fourth-order valence-electron chi connectivity index (χ4n) is 2.37. The number of hydrogen-bond donors (Lipinski definition) is 2. The first-order valence-electron chi connectivity index (χ1n) is 7.89. The maximum absolute atomic E-state index is 13.0. The quantitative estimate of drug-likeness (QED) is 0.658. The molecule has 0 aliphatic rings. The SMILES string of the molecule is CCCNC(CCN(CCC)CCO)c1ccc(F)cn1. The minimum Gasteiger partial charge on any atom is -0.395 e. The number of aliphatic hydroxyl groups is 1. The molecule has 21 heavy (non-hydrogen) atoms. The van der Waals surface area contributed by atoms with Gasteiger partial charge in [0.1, 0.15) is 5.82 Å². The number of hydrogen-bond acceptors (Lipinski definition) is 4. The summed E-state index contributed by atoms with van der Waals surface area (Å²) in [6.07, 6.45) is 4.29. The Morgan fingerprint density at radius 1 is 1.24 bits per heavy atom. The number of aliphatic hydroxyl groups excluding tert-OH is 1. The summed E-state index contributed by atoms with van der Waals surface area (Å²) in [5.74, 6) is -0.305. The van der Waals surface area contributed by atoms with Gasteiger partial charge in [0, 0.05) is 13.1 Å². The minimum absolute atomic E-state index is 0.128. The zero-order valence-electron chi connectivity index (χ0n) is 13.2. The van der Waals surface area contributed by atoms with Crippen LogP contribution in [0.4, 0.5) is 4.39 Å². The molecule has 1 unspecified atom stereocenters. The number of aromatic nitrogens is 1. The van der Waals surface area contributed by atoms with Crippen LogP contribution < -0.4 is 5.32 Å². The normalized spacial score (nSPS) is 12.8. The van der Waals surface area contributed by atoms with Gasteiger partial charge < -0.3 is 15.3 Å². The minimum atomic E-state index is -0.305. The first kappa shape index (κ1) is 18.0. The first-order valence-corrected chi connectivity index (χ1v) is 7.89. The molecule has 120 valence electrons. The molecule has 0 saturated heterocycles. The van der Waals surface area contributed by atoms with Crippen molar-refractivity contribution in [1.29, 1.82) is 0 Å². The number of pyridine rings is 1. The highest BCUT2D eigenvalue weighted by atomic mass is 19.1. The molecule has 0 radical (unpaired) electrons. The average molecular weight is 297 g/mol. The maximum Gasteiger partial charge on any atom is 0.141 e. The lowest BCUT2D eigenvalue weighted by Crippen LogP contribution is -2.32. The van der Waals surface area contributed by atoms with Crippen molar-refractivity contribution in [3.63, 3.8) is 0 Å². The molecule has 0 amide bonds. The van der Waals surface area contributed by atoms with Crippen LogP contribution in [0.5, 0.6) is 0 Å². The molecule has 0 fully saturated rings. The van der Waals surface area contributed by atoms with Crippen LogP contribution in [-0.4, -0.2) is 47.8 Å². The largest absolute Gasteiger partial charge is 0.395 e. The Bertz CT molecular complexity index is 366. The van der Waals surface area contributed by atoms with E-state index in [1.54, 1.807) is 6.07 Å². The van der Waals surface area contributed by atoms with Crippen molar-refractivity contribution < 1.29 is 9.50 Å². The van der Waals surface area contributed by atoms with Gasteiger partial charge in [0.05, 0.1) is 24.5 Å².